The molecule has 0 bridgehead atoms. The molecule has 1 aromatic heterocycles. The lowest BCUT2D eigenvalue weighted by Crippen LogP contribution is -2.39. The topological polar surface area (TPSA) is 60.2 Å². The van der Waals surface area contributed by atoms with E-state index in [4.69, 9.17) is 4.74 Å². The van der Waals surface area contributed by atoms with Crippen LogP contribution in [0.4, 0.5) is 0 Å². The molecule has 0 aromatic carbocycles. The molecular weight excluding hydrogens is 244 g/mol. The maximum Gasteiger partial charge on any atom is 0.222 e. The number of carbonyl (C=O) groups excluding carboxylic acids is 1. The van der Waals surface area contributed by atoms with Gasteiger partial charge in [0.25, 0.3) is 0 Å². The van der Waals surface area contributed by atoms with Gasteiger partial charge in [-0.2, -0.15) is 0 Å². The average molecular weight is 264 g/mol. The molecule has 2 fully saturated rings. The van der Waals surface area contributed by atoms with Crippen LogP contribution in [0, 0.1) is 5.92 Å². The average Bonchev–Trinajstić information content (AvgIpc) is 3.12. The second-order valence-corrected chi connectivity index (χ2v) is 5.45. The molecule has 0 aliphatic carbocycles. The summed E-state index contributed by atoms with van der Waals surface area (Å²) in [6.45, 7) is 3.25. The first-order valence-electron chi connectivity index (χ1n) is 7.02. The minimum Gasteiger partial charge on any atom is -0.381 e. The van der Waals surface area contributed by atoms with E-state index in [1.807, 2.05) is 9.47 Å². The molecule has 2 aliphatic heterocycles. The Hall–Kier alpha value is -1.43. The third kappa shape index (κ3) is 2.94. The monoisotopic (exact) mass is 264 g/mol. The van der Waals surface area contributed by atoms with Gasteiger partial charge in [-0.05, 0) is 25.2 Å². The first kappa shape index (κ1) is 12.6. The fourth-order valence-electron chi connectivity index (χ4n) is 2.93. The number of rotatable bonds is 3. The summed E-state index contributed by atoms with van der Waals surface area (Å²) in [7, 11) is 0. The third-order valence-electron chi connectivity index (χ3n) is 4.16. The van der Waals surface area contributed by atoms with Crippen LogP contribution in [-0.4, -0.2) is 51.9 Å². The first-order valence-corrected chi connectivity index (χ1v) is 7.02. The lowest BCUT2D eigenvalue weighted by molar-refractivity contribution is -0.133. The molecule has 2 aliphatic rings. The summed E-state index contributed by atoms with van der Waals surface area (Å²) in [5.41, 5.74) is 0. The standard InChI is InChI=1S/C13H20N4O2/c18-13(7-11-3-6-19-8-11)16-4-1-12(2-5-16)17-9-14-15-10-17/h9-12H,1-8H2. The van der Waals surface area contributed by atoms with Crippen LogP contribution in [0.3, 0.4) is 0 Å². The second-order valence-electron chi connectivity index (χ2n) is 5.45. The fraction of sp³-hybridized carbons (Fsp3) is 0.769. The van der Waals surface area contributed by atoms with Gasteiger partial charge in [-0.25, -0.2) is 0 Å². The van der Waals surface area contributed by atoms with Gasteiger partial charge in [0, 0.05) is 38.8 Å². The molecule has 0 N–H and O–H groups in total. The highest BCUT2D eigenvalue weighted by Gasteiger charge is 2.26. The van der Waals surface area contributed by atoms with Crippen LogP contribution in [-0.2, 0) is 9.53 Å². The summed E-state index contributed by atoms with van der Waals surface area (Å²) >= 11 is 0. The maximum atomic E-state index is 12.2. The first-order chi connectivity index (χ1) is 9.33. The van der Waals surface area contributed by atoms with Crippen molar-refractivity contribution in [2.75, 3.05) is 26.3 Å². The van der Waals surface area contributed by atoms with E-state index in [0.29, 0.717) is 18.4 Å². The van der Waals surface area contributed by atoms with Crippen LogP contribution in [0.25, 0.3) is 0 Å². The van der Waals surface area contributed by atoms with Crippen molar-refractivity contribution in [1.29, 1.82) is 0 Å². The van der Waals surface area contributed by atoms with Gasteiger partial charge in [0.05, 0.1) is 0 Å². The van der Waals surface area contributed by atoms with E-state index in [1.54, 1.807) is 12.7 Å². The molecule has 3 rings (SSSR count). The van der Waals surface area contributed by atoms with E-state index in [-0.39, 0.29) is 5.91 Å². The summed E-state index contributed by atoms with van der Waals surface area (Å²) in [5, 5.41) is 7.68. The zero-order valence-electron chi connectivity index (χ0n) is 11.1. The van der Waals surface area contributed by atoms with Crippen molar-refractivity contribution in [3.8, 4) is 0 Å². The minimum atomic E-state index is 0.290. The SMILES string of the molecule is O=C(CC1CCOC1)N1CCC(n2cnnc2)CC1. The van der Waals surface area contributed by atoms with Crippen molar-refractivity contribution in [2.24, 2.45) is 5.92 Å². The van der Waals surface area contributed by atoms with Crippen molar-refractivity contribution < 1.29 is 9.53 Å². The highest BCUT2D eigenvalue weighted by atomic mass is 16.5. The third-order valence-corrected chi connectivity index (χ3v) is 4.16. The number of piperidine rings is 1. The maximum absolute atomic E-state index is 12.2. The lowest BCUT2D eigenvalue weighted by Gasteiger charge is -2.32. The highest BCUT2D eigenvalue weighted by Crippen LogP contribution is 2.24. The molecule has 6 nitrogen and oxygen atoms in total. The van der Waals surface area contributed by atoms with Gasteiger partial charge in [-0.1, -0.05) is 0 Å². The van der Waals surface area contributed by atoms with Crippen LogP contribution in [0.2, 0.25) is 0 Å². The molecule has 2 saturated heterocycles. The van der Waals surface area contributed by atoms with Crippen LogP contribution in [0.1, 0.15) is 31.7 Å². The van der Waals surface area contributed by atoms with Crippen molar-refractivity contribution in [3.63, 3.8) is 0 Å². The van der Waals surface area contributed by atoms with E-state index in [9.17, 15) is 4.79 Å². The normalized spacial score (nSPS) is 24.8. The van der Waals surface area contributed by atoms with Crippen molar-refractivity contribution in [3.05, 3.63) is 12.7 Å². The summed E-state index contributed by atoms with van der Waals surface area (Å²) in [6, 6.07) is 0.439. The molecule has 1 aromatic rings. The Morgan fingerprint density at radius 3 is 2.58 bits per heavy atom. The van der Waals surface area contributed by atoms with Crippen LogP contribution < -0.4 is 0 Å². The summed E-state index contributed by atoms with van der Waals surface area (Å²) < 4.78 is 7.37. The largest absolute Gasteiger partial charge is 0.381 e. The number of amides is 1. The summed E-state index contributed by atoms with van der Waals surface area (Å²) in [5.74, 6) is 0.723. The van der Waals surface area contributed by atoms with Gasteiger partial charge in [0.1, 0.15) is 12.7 Å². The van der Waals surface area contributed by atoms with E-state index < -0.39 is 0 Å². The Bertz CT molecular complexity index is 406. The zero-order valence-corrected chi connectivity index (χ0v) is 11.1. The van der Waals surface area contributed by atoms with E-state index >= 15 is 0 Å². The predicted molar refractivity (Wildman–Crippen MR) is 68.4 cm³/mol. The summed E-state index contributed by atoms with van der Waals surface area (Å²) in [4.78, 5) is 14.2. The number of ether oxygens (including phenoxy) is 1. The van der Waals surface area contributed by atoms with Crippen molar-refractivity contribution in [2.45, 2.75) is 31.7 Å². The van der Waals surface area contributed by atoms with Crippen molar-refractivity contribution in [1.82, 2.24) is 19.7 Å². The number of aromatic nitrogens is 3. The zero-order chi connectivity index (χ0) is 13.1. The van der Waals surface area contributed by atoms with E-state index in [2.05, 4.69) is 10.2 Å². The molecule has 1 amide bonds. The van der Waals surface area contributed by atoms with Gasteiger partial charge in [-0.15, -0.1) is 10.2 Å². The van der Waals surface area contributed by atoms with E-state index in [0.717, 1.165) is 45.6 Å². The van der Waals surface area contributed by atoms with Crippen LogP contribution in [0.5, 0.6) is 0 Å². The molecule has 3 heterocycles. The summed E-state index contributed by atoms with van der Waals surface area (Å²) in [6.07, 6.45) is 7.19. The molecule has 0 radical (unpaired) electrons. The van der Waals surface area contributed by atoms with Crippen molar-refractivity contribution >= 4 is 5.91 Å². The molecule has 0 spiro atoms. The Morgan fingerprint density at radius 2 is 1.95 bits per heavy atom. The molecule has 104 valence electrons. The predicted octanol–water partition coefficient (Wildman–Crippen LogP) is 0.868. The van der Waals surface area contributed by atoms with Crippen LogP contribution >= 0.6 is 0 Å². The lowest BCUT2D eigenvalue weighted by atomic mass is 10.0. The van der Waals surface area contributed by atoms with Gasteiger partial charge < -0.3 is 14.2 Å². The van der Waals surface area contributed by atoms with Gasteiger partial charge in [-0.3, -0.25) is 4.79 Å². The number of hydrogen-bond donors (Lipinski definition) is 0. The van der Waals surface area contributed by atoms with E-state index in [1.165, 1.54) is 0 Å². The minimum absolute atomic E-state index is 0.290. The smallest absolute Gasteiger partial charge is 0.222 e. The van der Waals surface area contributed by atoms with Crippen LogP contribution in [0.15, 0.2) is 12.7 Å². The Labute approximate surface area is 112 Å². The molecule has 1 atom stereocenters. The number of nitrogens with zero attached hydrogens (tertiary/aromatic N) is 4. The van der Waals surface area contributed by atoms with Gasteiger partial charge in [0.2, 0.25) is 5.91 Å². The number of hydrogen-bond acceptors (Lipinski definition) is 4. The Balaban J connectivity index is 1.48. The Morgan fingerprint density at radius 1 is 1.21 bits per heavy atom. The quantitative estimate of drug-likeness (QED) is 0.812. The molecular formula is C13H20N4O2. The number of carbonyl (C=O) groups is 1. The van der Waals surface area contributed by atoms with Gasteiger partial charge >= 0.3 is 0 Å². The molecule has 1 unspecified atom stereocenters. The molecule has 19 heavy (non-hydrogen) atoms. The second kappa shape index (κ2) is 5.69. The Kier molecular flexibility index (Phi) is 3.77. The molecule has 6 heteroatoms. The van der Waals surface area contributed by atoms with Gasteiger partial charge in [0.15, 0.2) is 0 Å². The number of likely N-dealkylation sites (tertiary alicyclic amines) is 1. The fourth-order valence-corrected chi connectivity index (χ4v) is 2.93. The molecule has 0 saturated carbocycles. The highest BCUT2D eigenvalue weighted by molar-refractivity contribution is 5.76.